The highest BCUT2D eigenvalue weighted by molar-refractivity contribution is 6.30. The third-order valence-electron chi connectivity index (χ3n) is 12.7. The summed E-state index contributed by atoms with van der Waals surface area (Å²) in [5.74, 6) is 0. The molecule has 0 amide bonds. The number of rotatable bonds is 6. The minimum absolute atomic E-state index is 0.803. The zero-order valence-electron chi connectivity index (χ0n) is 34.6. The molecule has 0 aliphatic heterocycles. The van der Waals surface area contributed by atoms with E-state index in [0.29, 0.717) is 0 Å². The number of aryl methyl sites for hydroxylation is 2. The first-order chi connectivity index (χ1) is 31.1. The fourth-order valence-corrected chi connectivity index (χ4v) is 9.99. The summed E-state index contributed by atoms with van der Waals surface area (Å²) in [7, 11) is 0. The van der Waals surface area contributed by atoms with Crippen LogP contribution in [-0.2, 0) is 0 Å². The van der Waals surface area contributed by atoms with Gasteiger partial charge in [-0.05, 0) is 84.3 Å². The minimum Gasteiger partial charge on any atom is -0.456 e. The van der Waals surface area contributed by atoms with Crippen LogP contribution >= 0.6 is 0 Å². The molecule has 0 unspecified atom stereocenters. The Kier molecular flexibility index (Phi) is 7.67. The summed E-state index contributed by atoms with van der Waals surface area (Å²) in [6.07, 6.45) is 0. The summed E-state index contributed by atoms with van der Waals surface area (Å²) < 4.78 is 20.6. The molecule has 13 rings (SSSR count). The third kappa shape index (κ3) is 5.36. The summed E-state index contributed by atoms with van der Waals surface area (Å²) >= 11 is 0. The standard InChI is InChI=1S/C58H38N2O3/c1-35-15-11-17-37(31-35)59(47-27-13-25-45-41-21-7-9-29-51(41)62-57(45)47)49-33-53-55(43-23-5-3-19-39(43)49)56-44-24-6-4-20-40(44)50(34-54(56)61-53)60(38-18-12-16-36(2)32-38)48-28-14-26-46-42-22-8-10-30-52(42)63-58(46)48/h3-34H,1-2H3. The average molecular weight is 811 g/mol. The Morgan fingerprint density at radius 3 is 1.11 bits per heavy atom. The van der Waals surface area contributed by atoms with E-state index in [1.165, 1.54) is 11.1 Å². The second-order valence-electron chi connectivity index (χ2n) is 16.6. The van der Waals surface area contributed by atoms with E-state index in [1.54, 1.807) is 0 Å². The van der Waals surface area contributed by atoms with Crippen LogP contribution in [0.15, 0.2) is 207 Å². The van der Waals surface area contributed by atoms with Crippen molar-refractivity contribution in [3.63, 3.8) is 0 Å². The van der Waals surface area contributed by atoms with Gasteiger partial charge in [0, 0.05) is 66.6 Å². The van der Waals surface area contributed by atoms with Crippen LogP contribution in [0.4, 0.5) is 34.1 Å². The molecule has 10 aromatic carbocycles. The van der Waals surface area contributed by atoms with Crippen LogP contribution in [-0.4, -0.2) is 0 Å². The maximum Gasteiger partial charge on any atom is 0.159 e. The van der Waals surface area contributed by atoms with Crippen molar-refractivity contribution in [2.24, 2.45) is 0 Å². The number of fused-ring (bicyclic) bond motifs is 13. The minimum atomic E-state index is 0.803. The lowest BCUT2D eigenvalue weighted by Crippen LogP contribution is -2.11. The summed E-state index contributed by atoms with van der Waals surface area (Å²) in [6.45, 7) is 4.28. The van der Waals surface area contributed by atoms with Gasteiger partial charge in [-0.25, -0.2) is 0 Å². The van der Waals surface area contributed by atoms with Crippen LogP contribution < -0.4 is 9.80 Å². The molecule has 0 atom stereocenters. The summed E-state index contributed by atoms with van der Waals surface area (Å²) in [5, 5.41) is 10.9. The summed E-state index contributed by atoms with van der Waals surface area (Å²) in [5.41, 5.74) is 13.3. The Balaban J connectivity index is 1.11. The number of para-hydroxylation sites is 4. The van der Waals surface area contributed by atoms with Crippen molar-refractivity contribution in [3.05, 3.63) is 205 Å². The predicted molar refractivity (Wildman–Crippen MR) is 262 cm³/mol. The van der Waals surface area contributed by atoms with Crippen LogP contribution in [0, 0.1) is 13.8 Å². The van der Waals surface area contributed by atoms with Gasteiger partial charge in [-0.15, -0.1) is 0 Å². The lowest BCUT2D eigenvalue weighted by Gasteiger charge is -2.27. The average Bonchev–Trinajstić information content (AvgIpc) is 4.02. The normalized spacial score (nSPS) is 12.0. The van der Waals surface area contributed by atoms with Crippen molar-refractivity contribution in [3.8, 4) is 0 Å². The topological polar surface area (TPSA) is 45.9 Å². The fourth-order valence-electron chi connectivity index (χ4n) is 9.99. The van der Waals surface area contributed by atoms with Gasteiger partial charge in [0.25, 0.3) is 0 Å². The molecule has 0 aliphatic carbocycles. The molecule has 13 aromatic rings. The molecular weight excluding hydrogens is 773 g/mol. The van der Waals surface area contributed by atoms with Crippen LogP contribution in [0.3, 0.4) is 0 Å². The summed E-state index contributed by atoms with van der Waals surface area (Å²) in [4.78, 5) is 4.67. The van der Waals surface area contributed by atoms with E-state index in [2.05, 4.69) is 194 Å². The Bertz CT molecular complexity index is 3720. The number of nitrogens with zero attached hydrogens (tertiary/aromatic N) is 2. The van der Waals surface area contributed by atoms with E-state index in [4.69, 9.17) is 13.3 Å². The first kappa shape index (κ1) is 35.5. The van der Waals surface area contributed by atoms with Gasteiger partial charge >= 0.3 is 0 Å². The van der Waals surface area contributed by atoms with Gasteiger partial charge in [0.1, 0.15) is 22.3 Å². The van der Waals surface area contributed by atoms with Gasteiger partial charge in [-0.3, -0.25) is 0 Å². The van der Waals surface area contributed by atoms with Crippen LogP contribution in [0.5, 0.6) is 0 Å². The monoisotopic (exact) mass is 810 g/mol. The zero-order valence-corrected chi connectivity index (χ0v) is 34.6. The maximum atomic E-state index is 7.21. The molecule has 0 aliphatic rings. The second-order valence-corrected chi connectivity index (χ2v) is 16.6. The van der Waals surface area contributed by atoms with E-state index in [9.17, 15) is 0 Å². The fraction of sp³-hybridized carbons (Fsp3) is 0.0345. The Morgan fingerprint density at radius 1 is 0.286 bits per heavy atom. The van der Waals surface area contributed by atoms with Crippen molar-refractivity contribution in [1.29, 1.82) is 0 Å². The van der Waals surface area contributed by atoms with Crippen molar-refractivity contribution in [2.75, 3.05) is 9.80 Å². The van der Waals surface area contributed by atoms with Gasteiger partial charge in [-0.2, -0.15) is 0 Å². The highest BCUT2D eigenvalue weighted by Gasteiger charge is 2.27. The van der Waals surface area contributed by atoms with Gasteiger partial charge < -0.3 is 23.1 Å². The van der Waals surface area contributed by atoms with Gasteiger partial charge in [0.2, 0.25) is 0 Å². The van der Waals surface area contributed by atoms with Gasteiger partial charge in [-0.1, -0.05) is 133 Å². The molecule has 63 heavy (non-hydrogen) atoms. The first-order valence-corrected chi connectivity index (χ1v) is 21.4. The molecule has 0 spiro atoms. The molecule has 0 bridgehead atoms. The van der Waals surface area contributed by atoms with Crippen LogP contribution in [0.25, 0.3) is 87.4 Å². The number of hydrogen-bond acceptors (Lipinski definition) is 5. The van der Waals surface area contributed by atoms with Gasteiger partial charge in [0.15, 0.2) is 11.2 Å². The maximum absolute atomic E-state index is 7.21. The van der Waals surface area contributed by atoms with Gasteiger partial charge in [0.05, 0.1) is 22.7 Å². The second kappa shape index (κ2) is 13.6. The van der Waals surface area contributed by atoms with Crippen molar-refractivity contribution >= 4 is 121 Å². The Labute approximate surface area is 362 Å². The Hall–Kier alpha value is -8.28. The molecule has 0 saturated heterocycles. The molecule has 0 radical (unpaired) electrons. The van der Waals surface area contributed by atoms with Crippen molar-refractivity contribution < 1.29 is 13.3 Å². The van der Waals surface area contributed by atoms with E-state index in [-0.39, 0.29) is 0 Å². The highest BCUT2D eigenvalue weighted by atomic mass is 16.3. The Morgan fingerprint density at radius 2 is 0.667 bits per heavy atom. The predicted octanol–water partition coefficient (Wildman–Crippen LogP) is 17.2. The molecule has 3 heterocycles. The molecule has 0 fully saturated rings. The lowest BCUT2D eigenvalue weighted by molar-refractivity contribution is 0.667. The number of hydrogen-bond donors (Lipinski definition) is 0. The lowest BCUT2D eigenvalue weighted by atomic mass is 9.96. The molecule has 5 heteroatoms. The molecule has 5 nitrogen and oxygen atoms in total. The SMILES string of the molecule is Cc1cccc(N(c2cc3oc4cc(N(c5cccc(C)c5)c5cccc6c5oc5ccccc56)c5ccccc5c4c3c3ccccc23)c2cccc3c2oc2ccccc23)c1. The molecular formula is C58H38N2O3. The number of furan rings is 3. The molecule has 298 valence electrons. The summed E-state index contributed by atoms with van der Waals surface area (Å²) in [6, 6.07) is 68.7. The van der Waals surface area contributed by atoms with Crippen molar-refractivity contribution in [2.45, 2.75) is 13.8 Å². The van der Waals surface area contributed by atoms with Crippen LogP contribution in [0.1, 0.15) is 11.1 Å². The zero-order chi connectivity index (χ0) is 41.8. The number of anilines is 6. The third-order valence-corrected chi connectivity index (χ3v) is 12.7. The highest BCUT2D eigenvalue weighted by Crippen LogP contribution is 2.51. The smallest absolute Gasteiger partial charge is 0.159 e. The van der Waals surface area contributed by atoms with Crippen molar-refractivity contribution in [1.82, 2.24) is 0 Å². The molecule has 0 N–H and O–H groups in total. The first-order valence-electron chi connectivity index (χ1n) is 21.4. The largest absolute Gasteiger partial charge is 0.456 e. The molecule has 3 aromatic heterocycles. The van der Waals surface area contributed by atoms with E-state index in [1.807, 2.05) is 24.3 Å². The van der Waals surface area contributed by atoms with Crippen LogP contribution in [0.2, 0.25) is 0 Å². The number of benzene rings is 10. The van der Waals surface area contributed by atoms with E-state index >= 15 is 0 Å². The van der Waals surface area contributed by atoms with E-state index in [0.717, 1.165) is 121 Å². The quantitative estimate of drug-likeness (QED) is 0.167. The molecule has 0 saturated carbocycles. The van der Waals surface area contributed by atoms with E-state index < -0.39 is 0 Å².